The zero-order valence-electron chi connectivity index (χ0n) is 11.4. The highest BCUT2D eigenvalue weighted by atomic mass is 35.5. The Morgan fingerprint density at radius 3 is 2.71 bits per heavy atom. The highest BCUT2D eigenvalue weighted by Gasteiger charge is 2.20. The van der Waals surface area contributed by atoms with Crippen LogP contribution in [0.5, 0.6) is 0 Å². The van der Waals surface area contributed by atoms with E-state index in [1.165, 1.54) is 0 Å². The molecule has 3 heterocycles. The van der Waals surface area contributed by atoms with E-state index in [1.54, 1.807) is 6.07 Å². The molecule has 108 valence electrons. The maximum absolute atomic E-state index is 12.0. The number of ether oxygens (including phenoxy) is 1. The molecule has 0 spiro atoms. The highest BCUT2D eigenvalue weighted by molar-refractivity contribution is 6.31. The molecule has 2 N–H and O–H groups in total. The normalized spacial score (nSPS) is 16.8. The number of fused-ring (bicyclic) bond motifs is 3. The van der Waals surface area contributed by atoms with Crippen molar-refractivity contribution in [1.29, 1.82) is 0 Å². The SMILES string of the molecule is O=c1cc(C2CCOCC2)c2[nH]c3ccc(Cl)cc3c2[nH]1. The van der Waals surface area contributed by atoms with Gasteiger partial charge in [0.1, 0.15) is 0 Å². The summed E-state index contributed by atoms with van der Waals surface area (Å²) >= 11 is 6.08. The number of hydrogen-bond donors (Lipinski definition) is 2. The minimum Gasteiger partial charge on any atom is -0.381 e. The first-order chi connectivity index (χ1) is 10.2. The summed E-state index contributed by atoms with van der Waals surface area (Å²) in [5, 5.41) is 1.63. The molecule has 4 nitrogen and oxygen atoms in total. The van der Waals surface area contributed by atoms with Crippen LogP contribution in [0.4, 0.5) is 0 Å². The maximum atomic E-state index is 12.0. The molecule has 0 radical (unpaired) electrons. The van der Waals surface area contributed by atoms with Crippen LogP contribution < -0.4 is 5.56 Å². The van der Waals surface area contributed by atoms with Crippen molar-refractivity contribution in [3.8, 4) is 0 Å². The standard InChI is InChI=1S/C16H15ClN2O2/c17-10-1-2-13-12(7-10)16-15(18-13)11(8-14(20)19-16)9-3-5-21-6-4-9/h1-2,7-9,18H,3-6H2,(H,19,20). The van der Waals surface area contributed by atoms with Crippen LogP contribution in [0.15, 0.2) is 29.1 Å². The second-order valence-corrected chi connectivity index (χ2v) is 5.98. The predicted octanol–water partition coefficient (Wildman–Crippen LogP) is 3.56. The molecular formula is C16H15ClN2O2. The van der Waals surface area contributed by atoms with E-state index >= 15 is 0 Å². The Hall–Kier alpha value is -1.78. The van der Waals surface area contributed by atoms with Gasteiger partial charge in [0.2, 0.25) is 5.56 Å². The molecule has 3 aromatic rings. The zero-order valence-corrected chi connectivity index (χ0v) is 12.2. The molecule has 0 bridgehead atoms. The third-order valence-corrected chi connectivity index (χ3v) is 4.48. The van der Waals surface area contributed by atoms with Gasteiger partial charge in [-0.2, -0.15) is 0 Å². The quantitative estimate of drug-likeness (QED) is 0.722. The maximum Gasteiger partial charge on any atom is 0.248 e. The van der Waals surface area contributed by atoms with Gasteiger partial charge in [0.25, 0.3) is 0 Å². The van der Waals surface area contributed by atoms with Crippen molar-refractivity contribution >= 4 is 33.5 Å². The fourth-order valence-electron chi connectivity index (χ4n) is 3.21. The second kappa shape index (κ2) is 4.90. The number of aromatic amines is 2. The Kier molecular flexibility index (Phi) is 3.01. The van der Waals surface area contributed by atoms with E-state index < -0.39 is 0 Å². The molecule has 0 atom stereocenters. The van der Waals surface area contributed by atoms with E-state index in [0.29, 0.717) is 10.9 Å². The Morgan fingerprint density at radius 2 is 1.90 bits per heavy atom. The number of pyridine rings is 1. The van der Waals surface area contributed by atoms with Crippen molar-refractivity contribution in [2.24, 2.45) is 0 Å². The first kappa shape index (κ1) is 12.9. The lowest BCUT2D eigenvalue weighted by molar-refractivity contribution is 0.0855. The molecule has 2 aromatic heterocycles. The minimum absolute atomic E-state index is 0.0649. The van der Waals surface area contributed by atoms with E-state index in [2.05, 4.69) is 9.97 Å². The molecule has 5 heteroatoms. The predicted molar refractivity (Wildman–Crippen MR) is 84.2 cm³/mol. The summed E-state index contributed by atoms with van der Waals surface area (Å²) in [6.07, 6.45) is 1.91. The smallest absolute Gasteiger partial charge is 0.248 e. The van der Waals surface area contributed by atoms with Crippen LogP contribution in [0.1, 0.15) is 24.3 Å². The van der Waals surface area contributed by atoms with Crippen LogP contribution in [0.3, 0.4) is 0 Å². The summed E-state index contributed by atoms with van der Waals surface area (Å²) in [5.74, 6) is 0.368. The summed E-state index contributed by atoms with van der Waals surface area (Å²) in [6, 6.07) is 7.41. The molecule has 21 heavy (non-hydrogen) atoms. The van der Waals surface area contributed by atoms with Gasteiger partial charge >= 0.3 is 0 Å². The molecule has 1 saturated heterocycles. The van der Waals surface area contributed by atoms with Crippen molar-refractivity contribution in [2.45, 2.75) is 18.8 Å². The summed E-state index contributed by atoms with van der Waals surface area (Å²) < 4.78 is 5.42. The lowest BCUT2D eigenvalue weighted by Crippen LogP contribution is -2.17. The molecule has 1 aromatic carbocycles. The second-order valence-electron chi connectivity index (χ2n) is 5.54. The summed E-state index contributed by atoms with van der Waals surface area (Å²) in [4.78, 5) is 18.4. The molecule has 0 aliphatic carbocycles. The molecule has 0 saturated carbocycles. The number of aromatic nitrogens is 2. The minimum atomic E-state index is -0.0649. The Morgan fingerprint density at radius 1 is 1.10 bits per heavy atom. The third-order valence-electron chi connectivity index (χ3n) is 4.25. The van der Waals surface area contributed by atoms with Gasteiger partial charge < -0.3 is 14.7 Å². The van der Waals surface area contributed by atoms with E-state index in [-0.39, 0.29) is 5.56 Å². The first-order valence-corrected chi connectivity index (χ1v) is 7.52. The lowest BCUT2D eigenvalue weighted by Gasteiger charge is -2.22. The van der Waals surface area contributed by atoms with Crippen LogP contribution in [0.25, 0.3) is 21.9 Å². The van der Waals surface area contributed by atoms with Crippen molar-refractivity contribution < 1.29 is 4.74 Å². The van der Waals surface area contributed by atoms with Crippen molar-refractivity contribution in [1.82, 2.24) is 9.97 Å². The largest absolute Gasteiger partial charge is 0.381 e. The zero-order chi connectivity index (χ0) is 14.4. The molecular weight excluding hydrogens is 288 g/mol. The van der Waals surface area contributed by atoms with Crippen LogP contribution in [-0.2, 0) is 4.74 Å². The summed E-state index contributed by atoms with van der Waals surface area (Å²) in [6.45, 7) is 1.51. The van der Waals surface area contributed by atoms with Crippen LogP contribution in [0.2, 0.25) is 5.02 Å². The molecule has 4 rings (SSSR count). The third kappa shape index (κ3) is 2.15. The van der Waals surface area contributed by atoms with E-state index in [1.807, 2.05) is 18.2 Å². The molecule has 1 aliphatic heterocycles. The van der Waals surface area contributed by atoms with Gasteiger partial charge in [-0.25, -0.2) is 0 Å². The van der Waals surface area contributed by atoms with Crippen LogP contribution >= 0.6 is 11.6 Å². The van der Waals surface area contributed by atoms with Gasteiger partial charge in [-0.15, -0.1) is 0 Å². The van der Waals surface area contributed by atoms with Crippen molar-refractivity contribution in [3.63, 3.8) is 0 Å². The average molecular weight is 303 g/mol. The van der Waals surface area contributed by atoms with Gasteiger partial charge in [-0.05, 0) is 42.5 Å². The average Bonchev–Trinajstić information content (AvgIpc) is 2.85. The number of nitrogens with one attached hydrogen (secondary N) is 2. The van der Waals surface area contributed by atoms with Gasteiger partial charge in [-0.1, -0.05) is 11.6 Å². The Balaban J connectivity index is 2.02. The molecule has 0 amide bonds. The summed E-state index contributed by atoms with van der Waals surface area (Å²) in [7, 11) is 0. The Bertz CT molecular complexity index is 875. The summed E-state index contributed by atoms with van der Waals surface area (Å²) in [5.41, 5.74) is 3.87. The van der Waals surface area contributed by atoms with Gasteiger partial charge in [-0.3, -0.25) is 4.79 Å². The number of halogens is 1. The lowest BCUT2D eigenvalue weighted by atomic mass is 9.91. The van der Waals surface area contributed by atoms with Crippen LogP contribution in [-0.4, -0.2) is 23.2 Å². The number of benzene rings is 1. The monoisotopic (exact) mass is 302 g/mol. The fourth-order valence-corrected chi connectivity index (χ4v) is 3.39. The van der Waals surface area contributed by atoms with Crippen molar-refractivity contribution in [3.05, 3.63) is 45.2 Å². The van der Waals surface area contributed by atoms with E-state index in [9.17, 15) is 4.79 Å². The first-order valence-electron chi connectivity index (χ1n) is 7.14. The van der Waals surface area contributed by atoms with Gasteiger partial charge in [0.05, 0.1) is 11.0 Å². The number of rotatable bonds is 1. The number of hydrogen-bond acceptors (Lipinski definition) is 2. The van der Waals surface area contributed by atoms with E-state index in [4.69, 9.17) is 16.3 Å². The van der Waals surface area contributed by atoms with Crippen LogP contribution in [0, 0.1) is 0 Å². The molecule has 0 unspecified atom stereocenters. The van der Waals surface area contributed by atoms with Gasteiger partial charge in [0, 0.05) is 35.2 Å². The van der Waals surface area contributed by atoms with E-state index in [0.717, 1.165) is 53.6 Å². The van der Waals surface area contributed by atoms with Crippen molar-refractivity contribution in [2.75, 3.05) is 13.2 Å². The molecule has 1 aliphatic rings. The molecule has 1 fully saturated rings. The highest BCUT2D eigenvalue weighted by Crippen LogP contribution is 2.34. The Labute approximate surface area is 126 Å². The number of H-pyrrole nitrogens is 2. The topological polar surface area (TPSA) is 57.9 Å². The van der Waals surface area contributed by atoms with Gasteiger partial charge in [0.15, 0.2) is 0 Å². The fraction of sp³-hybridized carbons (Fsp3) is 0.312.